The monoisotopic (exact) mass is 316 g/mol. The van der Waals surface area contributed by atoms with Crippen LogP contribution in [0.5, 0.6) is 5.75 Å². The largest absolute Gasteiger partial charge is 0.507 e. The zero-order chi connectivity index (χ0) is 16.5. The summed E-state index contributed by atoms with van der Waals surface area (Å²) in [6.45, 7) is 0.216. The molecular weight excluding hydrogens is 296 g/mol. The van der Waals surface area contributed by atoms with Crippen molar-refractivity contribution in [2.45, 2.75) is 18.8 Å². The Balaban J connectivity index is 1.62. The highest BCUT2D eigenvalue weighted by molar-refractivity contribution is 5.91. The van der Waals surface area contributed by atoms with Gasteiger partial charge in [0, 0.05) is 18.1 Å². The van der Waals surface area contributed by atoms with Crippen LogP contribution in [0.25, 0.3) is 17.2 Å². The molecule has 0 bridgehead atoms. The van der Waals surface area contributed by atoms with Gasteiger partial charge in [-0.1, -0.05) is 54.6 Å². The van der Waals surface area contributed by atoms with E-state index in [0.29, 0.717) is 11.7 Å². The molecule has 0 fully saturated rings. The van der Waals surface area contributed by atoms with Crippen LogP contribution >= 0.6 is 0 Å². The molecule has 2 aliphatic carbocycles. The van der Waals surface area contributed by atoms with E-state index in [1.807, 2.05) is 18.2 Å². The van der Waals surface area contributed by atoms with Gasteiger partial charge in [-0.25, -0.2) is 0 Å². The Morgan fingerprint density at radius 2 is 1.96 bits per heavy atom. The Morgan fingerprint density at radius 3 is 2.79 bits per heavy atom. The zero-order valence-electron chi connectivity index (χ0n) is 13.4. The molecule has 1 unspecified atom stereocenters. The SMILES string of the molecule is OCCC1C=Cc2cc(C3=CCC(c4ccccc4O)=C3)ccc21. The smallest absolute Gasteiger partial charge is 0.123 e. The molecule has 4 rings (SSSR count). The van der Waals surface area contributed by atoms with Crippen LogP contribution in [0.4, 0.5) is 0 Å². The third-order valence-electron chi connectivity index (χ3n) is 4.89. The van der Waals surface area contributed by atoms with Gasteiger partial charge in [-0.05, 0) is 52.8 Å². The highest BCUT2D eigenvalue weighted by atomic mass is 16.3. The van der Waals surface area contributed by atoms with E-state index in [2.05, 4.69) is 42.5 Å². The number of phenolic OH excluding ortho intramolecular Hbond substituents is 1. The summed E-state index contributed by atoms with van der Waals surface area (Å²) in [5.41, 5.74) is 7.02. The molecule has 2 heteroatoms. The molecule has 0 saturated heterocycles. The zero-order valence-corrected chi connectivity index (χ0v) is 13.4. The van der Waals surface area contributed by atoms with Gasteiger partial charge in [0.2, 0.25) is 0 Å². The molecule has 2 aliphatic rings. The molecule has 0 aliphatic heterocycles. The number of allylic oxidation sites excluding steroid dienone is 5. The van der Waals surface area contributed by atoms with Gasteiger partial charge in [0.15, 0.2) is 0 Å². The topological polar surface area (TPSA) is 40.5 Å². The van der Waals surface area contributed by atoms with Gasteiger partial charge < -0.3 is 10.2 Å². The lowest BCUT2D eigenvalue weighted by molar-refractivity contribution is 0.283. The number of aliphatic hydroxyl groups is 1. The Kier molecular flexibility index (Phi) is 3.83. The number of rotatable bonds is 4. The molecule has 0 aromatic heterocycles. The molecular formula is C22H20O2. The van der Waals surface area contributed by atoms with Gasteiger partial charge in [-0.3, -0.25) is 0 Å². The number of benzene rings is 2. The van der Waals surface area contributed by atoms with Crippen molar-refractivity contribution in [1.29, 1.82) is 0 Å². The van der Waals surface area contributed by atoms with Gasteiger partial charge in [-0.2, -0.15) is 0 Å². The maximum absolute atomic E-state index is 10.0. The van der Waals surface area contributed by atoms with Crippen LogP contribution in [0.3, 0.4) is 0 Å². The molecule has 24 heavy (non-hydrogen) atoms. The average molecular weight is 316 g/mol. The van der Waals surface area contributed by atoms with Crippen LogP contribution < -0.4 is 0 Å². The standard InChI is InChI=1S/C22H20O2/c23-12-11-15-5-7-18-13-17(9-10-20(15)18)16-6-8-19(14-16)21-3-1-2-4-22(21)24/h1-7,9-10,13-15,23-24H,8,11-12H2. The number of fused-ring (bicyclic) bond motifs is 1. The van der Waals surface area contributed by atoms with E-state index in [-0.39, 0.29) is 6.61 Å². The summed E-state index contributed by atoms with van der Waals surface area (Å²) in [6.07, 6.45) is 10.3. The van der Waals surface area contributed by atoms with E-state index in [1.54, 1.807) is 6.07 Å². The maximum Gasteiger partial charge on any atom is 0.123 e. The molecule has 0 heterocycles. The van der Waals surface area contributed by atoms with E-state index in [0.717, 1.165) is 24.0 Å². The predicted molar refractivity (Wildman–Crippen MR) is 98.6 cm³/mol. The van der Waals surface area contributed by atoms with Crippen molar-refractivity contribution < 1.29 is 10.2 Å². The van der Waals surface area contributed by atoms with Crippen LogP contribution in [0.15, 0.2) is 60.7 Å². The number of aliphatic hydroxyl groups excluding tert-OH is 1. The Hall–Kier alpha value is -2.58. The van der Waals surface area contributed by atoms with Crippen molar-refractivity contribution in [2.75, 3.05) is 6.61 Å². The van der Waals surface area contributed by atoms with E-state index >= 15 is 0 Å². The summed E-state index contributed by atoms with van der Waals surface area (Å²) in [6, 6.07) is 14.1. The molecule has 0 spiro atoms. The molecule has 0 saturated carbocycles. The van der Waals surface area contributed by atoms with Crippen molar-refractivity contribution in [3.05, 3.63) is 82.9 Å². The fourth-order valence-corrected chi connectivity index (χ4v) is 3.61. The van der Waals surface area contributed by atoms with E-state index < -0.39 is 0 Å². The molecule has 2 N–H and O–H groups in total. The van der Waals surface area contributed by atoms with Crippen molar-refractivity contribution in [2.24, 2.45) is 0 Å². The normalized spacial score (nSPS) is 18.5. The van der Waals surface area contributed by atoms with Crippen LogP contribution in [0.2, 0.25) is 0 Å². The Bertz CT molecular complexity index is 871. The van der Waals surface area contributed by atoms with Gasteiger partial charge in [0.25, 0.3) is 0 Å². The minimum atomic E-state index is 0.216. The van der Waals surface area contributed by atoms with Crippen LogP contribution in [-0.4, -0.2) is 16.8 Å². The lowest BCUT2D eigenvalue weighted by Gasteiger charge is -2.10. The molecule has 2 aromatic rings. The van der Waals surface area contributed by atoms with E-state index in [1.165, 1.54) is 22.3 Å². The molecule has 1 atom stereocenters. The van der Waals surface area contributed by atoms with Crippen molar-refractivity contribution in [3.8, 4) is 5.75 Å². The summed E-state index contributed by atoms with van der Waals surface area (Å²) in [7, 11) is 0. The van der Waals surface area contributed by atoms with Gasteiger partial charge in [0.1, 0.15) is 5.75 Å². The van der Waals surface area contributed by atoms with E-state index in [4.69, 9.17) is 5.11 Å². The maximum atomic E-state index is 10.0. The minimum Gasteiger partial charge on any atom is -0.507 e. The van der Waals surface area contributed by atoms with Gasteiger partial charge in [-0.15, -0.1) is 0 Å². The third-order valence-corrected chi connectivity index (χ3v) is 4.89. The lowest BCUT2D eigenvalue weighted by Crippen LogP contribution is -1.96. The van der Waals surface area contributed by atoms with Crippen molar-refractivity contribution >= 4 is 17.2 Å². The highest BCUT2D eigenvalue weighted by Crippen LogP contribution is 2.38. The molecule has 2 aromatic carbocycles. The number of para-hydroxylation sites is 1. The predicted octanol–water partition coefficient (Wildman–Crippen LogP) is 4.76. The average Bonchev–Trinajstić information content (AvgIpc) is 3.23. The quantitative estimate of drug-likeness (QED) is 0.854. The number of phenols is 1. The Labute approximate surface area is 142 Å². The number of hydrogen-bond donors (Lipinski definition) is 2. The second kappa shape index (κ2) is 6.14. The first kappa shape index (κ1) is 15.0. The second-order valence-corrected chi connectivity index (χ2v) is 6.37. The summed E-state index contributed by atoms with van der Waals surface area (Å²) in [4.78, 5) is 0. The number of aromatic hydroxyl groups is 1. The van der Waals surface area contributed by atoms with Crippen LogP contribution in [-0.2, 0) is 0 Å². The van der Waals surface area contributed by atoms with Crippen LogP contribution in [0.1, 0.15) is 41.0 Å². The van der Waals surface area contributed by atoms with Crippen LogP contribution in [0, 0.1) is 0 Å². The molecule has 0 amide bonds. The molecule has 0 radical (unpaired) electrons. The fourth-order valence-electron chi connectivity index (χ4n) is 3.61. The van der Waals surface area contributed by atoms with Crippen molar-refractivity contribution in [1.82, 2.24) is 0 Å². The van der Waals surface area contributed by atoms with Gasteiger partial charge in [0.05, 0.1) is 0 Å². The van der Waals surface area contributed by atoms with Gasteiger partial charge >= 0.3 is 0 Å². The highest BCUT2D eigenvalue weighted by Gasteiger charge is 2.18. The first-order chi connectivity index (χ1) is 11.8. The minimum absolute atomic E-state index is 0.216. The lowest BCUT2D eigenvalue weighted by atomic mass is 9.95. The van der Waals surface area contributed by atoms with Crippen molar-refractivity contribution in [3.63, 3.8) is 0 Å². The third kappa shape index (κ3) is 2.59. The van der Waals surface area contributed by atoms with E-state index in [9.17, 15) is 5.11 Å². The number of hydrogen-bond acceptors (Lipinski definition) is 2. The summed E-state index contributed by atoms with van der Waals surface area (Å²) in [5.74, 6) is 0.672. The summed E-state index contributed by atoms with van der Waals surface area (Å²) < 4.78 is 0. The summed E-state index contributed by atoms with van der Waals surface area (Å²) in [5, 5.41) is 19.2. The first-order valence-corrected chi connectivity index (χ1v) is 8.39. The Morgan fingerprint density at radius 1 is 1.08 bits per heavy atom. The first-order valence-electron chi connectivity index (χ1n) is 8.39. The summed E-state index contributed by atoms with van der Waals surface area (Å²) >= 11 is 0. The fraction of sp³-hybridized carbons (Fsp3) is 0.182. The molecule has 120 valence electrons. The second-order valence-electron chi connectivity index (χ2n) is 6.37. The molecule has 2 nitrogen and oxygen atoms in total.